The van der Waals surface area contributed by atoms with Crippen molar-refractivity contribution in [1.82, 2.24) is 15.1 Å². The van der Waals surface area contributed by atoms with Crippen molar-refractivity contribution in [3.8, 4) is 17.1 Å². The minimum absolute atomic E-state index is 0.157. The first kappa shape index (κ1) is 21.8. The quantitative estimate of drug-likeness (QED) is 0.387. The van der Waals surface area contributed by atoms with Crippen LogP contribution in [-0.4, -0.2) is 34.0 Å². The highest BCUT2D eigenvalue weighted by molar-refractivity contribution is 6.30. The second kappa shape index (κ2) is 9.41. The van der Waals surface area contributed by atoms with Crippen LogP contribution in [0.2, 0.25) is 5.02 Å². The number of hydrogen-bond donors (Lipinski definition) is 3. The van der Waals surface area contributed by atoms with Crippen molar-refractivity contribution in [1.29, 1.82) is 0 Å². The smallest absolute Gasteiger partial charge is 0.276 e. The van der Waals surface area contributed by atoms with E-state index in [4.69, 9.17) is 21.8 Å². The molecular formula is C23H18ClN5O4. The van der Waals surface area contributed by atoms with Crippen molar-refractivity contribution in [2.24, 2.45) is 5.73 Å². The Morgan fingerprint density at radius 3 is 2.45 bits per heavy atom. The lowest BCUT2D eigenvalue weighted by Gasteiger charge is -2.06. The summed E-state index contributed by atoms with van der Waals surface area (Å²) >= 11 is 6.12. The molecule has 166 valence electrons. The highest BCUT2D eigenvalue weighted by atomic mass is 35.5. The lowest BCUT2D eigenvalue weighted by Crippen LogP contribution is -2.33. The minimum Gasteiger partial charge on any atom is -0.463 e. The normalized spacial score (nSPS) is 10.6. The van der Waals surface area contributed by atoms with E-state index in [0.29, 0.717) is 33.4 Å². The lowest BCUT2D eigenvalue weighted by atomic mass is 10.2. The average Bonchev–Trinajstić information content (AvgIpc) is 3.48. The zero-order valence-electron chi connectivity index (χ0n) is 17.1. The van der Waals surface area contributed by atoms with Gasteiger partial charge in [-0.05, 0) is 54.6 Å². The Morgan fingerprint density at radius 2 is 1.79 bits per heavy atom. The molecule has 0 radical (unpaired) electrons. The van der Waals surface area contributed by atoms with E-state index in [1.807, 2.05) is 6.07 Å². The van der Waals surface area contributed by atoms with Gasteiger partial charge in [0.15, 0.2) is 11.5 Å². The molecule has 2 aromatic carbocycles. The molecule has 2 aromatic heterocycles. The summed E-state index contributed by atoms with van der Waals surface area (Å²) in [5.41, 5.74) is 7.20. The van der Waals surface area contributed by atoms with Gasteiger partial charge in [-0.25, -0.2) is 4.68 Å². The number of aromatic nitrogens is 2. The van der Waals surface area contributed by atoms with E-state index >= 15 is 0 Å². The molecule has 33 heavy (non-hydrogen) atoms. The molecule has 0 atom stereocenters. The van der Waals surface area contributed by atoms with E-state index in [0.717, 1.165) is 0 Å². The molecule has 0 saturated carbocycles. The largest absolute Gasteiger partial charge is 0.463 e. The van der Waals surface area contributed by atoms with Gasteiger partial charge in [0.25, 0.3) is 11.8 Å². The van der Waals surface area contributed by atoms with Gasteiger partial charge in [0, 0.05) is 22.3 Å². The average molecular weight is 464 g/mol. The molecule has 0 spiro atoms. The molecule has 4 N–H and O–H groups in total. The molecule has 2 heterocycles. The zero-order valence-corrected chi connectivity index (χ0v) is 17.9. The van der Waals surface area contributed by atoms with E-state index in [-0.39, 0.29) is 12.2 Å². The van der Waals surface area contributed by atoms with Crippen LogP contribution < -0.4 is 16.4 Å². The van der Waals surface area contributed by atoms with E-state index in [2.05, 4.69) is 15.7 Å². The van der Waals surface area contributed by atoms with Crippen molar-refractivity contribution in [2.45, 2.75) is 0 Å². The zero-order chi connectivity index (χ0) is 23.4. The third-order valence-corrected chi connectivity index (χ3v) is 4.83. The molecule has 0 fully saturated rings. The summed E-state index contributed by atoms with van der Waals surface area (Å²) in [4.78, 5) is 35.6. The summed E-state index contributed by atoms with van der Waals surface area (Å²) in [6, 6.07) is 18.4. The molecule has 3 amide bonds. The Balaban J connectivity index is 1.56. The fourth-order valence-corrected chi connectivity index (χ4v) is 3.25. The molecule has 10 heteroatoms. The second-order valence-corrected chi connectivity index (χ2v) is 7.40. The van der Waals surface area contributed by atoms with Crippen LogP contribution in [0.25, 0.3) is 17.1 Å². The number of carbonyl (C=O) groups is 3. The number of primary amides is 1. The standard InChI is InChI=1S/C23H18ClN5O4/c24-15-3-1-4-17(11-15)29-19(20-5-2-10-33-20)12-18(28-29)23(32)27-16-8-6-14(7-9-16)22(31)26-13-21(25)30/h1-12H,13H2,(H2,25,30)(H,26,31)(H,27,32). The van der Waals surface area contributed by atoms with Crippen molar-refractivity contribution >= 4 is 35.0 Å². The van der Waals surface area contributed by atoms with Crippen LogP contribution in [-0.2, 0) is 4.79 Å². The number of nitrogens with zero attached hydrogens (tertiary/aromatic N) is 2. The fourth-order valence-electron chi connectivity index (χ4n) is 3.07. The summed E-state index contributed by atoms with van der Waals surface area (Å²) in [7, 11) is 0. The van der Waals surface area contributed by atoms with Crippen LogP contribution in [0.1, 0.15) is 20.8 Å². The molecule has 0 aliphatic heterocycles. The third kappa shape index (κ3) is 5.10. The molecular weight excluding hydrogens is 446 g/mol. The monoisotopic (exact) mass is 463 g/mol. The fraction of sp³-hybridized carbons (Fsp3) is 0.0435. The number of rotatable bonds is 7. The van der Waals surface area contributed by atoms with E-state index in [1.54, 1.807) is 53.2 Å². The first-order valence-corrected chi connectivity index (χ1v) is 10.2. The van der Waals surface area contributed by atoms with Gasteiger partial charge in [0.1, 0.15) is 5.69 Å². The molecule has 0 unspecified atom stereocenters. The Labute approximate surface area is 193 Å². The van der Waals surface area contributed by atoms with Crippen molar-refractivity contribution in [3.05, 3.63) is 89.3 Å². The Morgan fingerprint density at radius 1 is 1.00 bits per heavy atom. The SMILES string of the molecule is NC(=O)CNC(=O)c1ccc(NC(=O)c2cc(-c3ccco3)n(-c3cccc(Cl)c3)n2)cc1. The molecule has 0 bridgehead atoms. The highest BCUT2D eigenvalue weighted by Gasteiger charge is 2.19. The molecule has 0 aliphatic carbocycles. The first-order chi connectivity index (χ1) is 15.9. The van der Waals surface area contributed by atoms with Crippen molar-refractivity contribution in [2.75, 3.05) is 11.9 Å². The van der Waals surface area contributed by atoms with Gasteiger partial charge in [-0.1, -0.05) is 17.7 Å². The number of amides is 3. The molecule has 4 aromatic rings. The lowest BCUT2D eigenvalue weighted by molar-refractivity contribution is -0.117. The molecule has 4 rings (SSSR count). The number of furan rings is 1. The van der Waals surface area contributed by atoms with Gasteiger partial charge in [0.05, 0.1) is 18.5 Å². The summed E-state index contributed by atoms with van der Waals surface area (Å²) in [6.45, 7) is -0.259. The number of hydrogen-bond acceptors (Lipinski definition) is 5. The molecule has 0 aliphatic rings. The van der Waals surface area contributed by atoms with Crippen LogP contribution in [0, 0.1) is 0 Å². The summed E-state index contributed by atoms with van der Waals surface area (Å²) in [6.07, 6.45) is 1.53. The molecule has 9 nitrogen and oxygen atoms in total. The number of benzene rings is 2. The number of anilines is 1. The number of nitrogens with two attached hydrogens (primary N) is 1. The predicted molar refractivity (Wildman–Crippen MR) is 122 cm³/mol. The summed E-state index contributed by atoms with van der Waals surface area (Å²) in [5, 5.41) is 10.1. The van der Waals surface area contributed by atoms with Crippen LogP contribution in [0.4, 0.5) is 5.69 Å². The predicted octanol–water partition coefficient (Wildman–Crippen LogP) is 3.25. The first-order valence-electron chi connectivity index (χ1n) is 9.78. The Bertz CT molecular complexity index is 1310. The van der Waals surface area contributed by atoms with Crippen LogP contribution in [0.15, 0.2) is 77.4 Å². The second-order valence-electron chi connectivity index (χ2n) is 6.96. The summed E-state index contributed by atoms with van der Waals surface area (Å²) in [5.74, 6) is -1.00. The number of carbonyl (C=O) groups excluding carboxylic acids is 3. The number of halogens is 1. The Hall–Kier alpha value is -4.37. The van der Waals surface area contributed by atoms with Gasteiger partial charge in [-0.3, -0.25) is 14.4 Å². The third-order valence-electron chi connectivity index (χ3n) is 4.60. The topological polar surface area (TPSA) is 132 Å². The highest BCUT2D eigenvalue weighted by Crippen LogP contribution is 2.26. The van der Waals surface area contributed by atoms with Gasteiger partial charge in [-0.2, -0.15) is 5.10 Å². The van der Waals surface area contributed by atoms with Crippen molar-refractivity contribution < 1.29 is 18.8 Å². The Kier molecular flexibility index (Phi) is 6.23. The van der Waals surface area contributed by atoms with Crippen molar-refractivity contribution in [3.63, 3.8) is 0 Å². The van der Waals surface area contributed by atoms with Gasteiger partial charge >= 0.3 is 0 Å². The molecule has 0 saturated heterocycles. The maximum absolute atomic E-state index is 12.9. The van der Waals surface area contributed by atoms with Gasteiger partial charge < -0.3 is 20.8 Å². The van der Waals surface area contributed by atoms with Gasteiger partial charge in [-0.15, -0.1) is 0 Å². The maximum Gasteiger partial charge on any atom is 0.276 e. The minimum atomic E-state index is -0.640. The summed E-state index contributed by atoms with van der Waals surface area (Å²) < 4.78 is 7.08. The van der Waals surface area contributed by atoms with E-state index in [9.17, 15) is 14.4 Å². The van der Waals surface area contributed by atoms with Crippen LogP contribution in [0.5, 0.6) is 0 Å². The number of nitrogens with one attached hydrogen (secondary N) is 2. The van der Waals surface area contributed by atoms with E-state index in [1.165, 1.54) is 18.4 Å². The maximum atomic E-state index is 12.9. The van der Waals surface area contributed by atoms with Crippen LogP contribution in [0.3, 0.4) is 0 Å². The van der Waals surface area contributed by atoms with Crippen LogP contribution >= 0.6 is 11.6 Å². The van der Waals surface area contributed by atoms with E-state index < -0.39 is 17.7 Å². The van der Waals surface area contributed by atoms with Gasteiger partial charge in [0.2, 0.25) is 5.91 Å².